The Morgan fingerprint density at radius 2 is 1.89 bits per heavy atom. The lowest BCUT2D eigenvalue weighted by molar-refractivity contribution is 0.162. The van der Waals surface area contributed by atoms with Gasteiger partial charge in [0.1, 0.15) is 0 Å². The summed E-state index contributed by atoms with van der Waals surface area (Å²) in [6, 6.07) is 5.14. The SMILES string of the molecule is CC(C)CC[C@@H](c1cccs1)N1CCNCC1.Cl.Cl. The molecule has 2 heterocycles. The molecule has 19 heavy (non-hydrogen) atoms. The molecule has 0 amide bonds. The normalized spacial score (nSPS) is 17.6. The molecular weight excluding hydrogens is 299 g/mol. The lowest BCUT2D eigenvalue weighted by atomic mass is 10.0. The molecule has 1 fully saturated rings. The molecule has 1 N–H and O–H groups in total. The van der Waals surface area contributed by atoms with Crippen LogP contribution in [0, 0.1) is 5.92 Å². The fraction of sp³-hybridized carbons (Fsp3) is 0.714. The van der Waals surface area contributed by atoms with Crippen LogP contribution in [0.5, 0.6) is 0 Å². The van der Waals surface area contributed by atoms with Crippen molar-refractivity contribution >= 4 is 36.2 Å². The molecule has 2 rings (SSSR count). The van der Waals surface area contributed by atoms with Gasteiger partial charge in [-0.15, -0.1) is 36.2 Å². The average Bonchev–Trinajstić information content (AvgIpc) is 2.84. The third-order valence-corrected chi connectivity index (χ3v) is 4.45. The molecule has 0 unspecified atom stereocenters. The van der Waals surface area contributed by atoms with Gasteiger partial charge in [0.25, 0.3) is 0 Å². The Balaban J connectivity index is 0.00000162. The zero-order chi connectivity index (χ0) is 12.1. The summed E-state index contributed by atoms with van der Waals surface area (Å²) in [5.41, 5.74) is 0. The van der Waals surface area contributed by atoms with Crippen LogP contribution in [-0.4, -0.2) is 31.1 Å². The monoisotopic (exact) mass is 324 g/mol. The number of hydrogen-bond acceptors (Lipinski definition) is 3. The molecule has 1 aromatic rings. The predicted octanol–water partition coefficient (Wildman–Crippen LogP) is 3.97. The van der Waals surface area contributed by atoms with E-state index in [-0.39, 0.29) is 24.8 Å². The standard InChI is InChI=1S/C14H24N2S.2ClH/c1-12(2)5-6-13(14-4-3-11-17-14)16-9-7-15-8-10-16;;/h3-4,11-13,15H,5-10H2,1-2H3;2*1H/t13-;;/m0../s1. The Morgan fingerprint density at radius 3 is 2.42 bits per heavy atom. The van der Waals surface area contributed by atoms with Crippen LogP contribution in [0.2, 0.25) is 0 Å². The van der Waals surface area contributed by atoms with E-state index in [9.17, 15) is 0 Å². The van der Waals surface area contributed by atoms with E-state index < -0.39 is 0 Å². The quantitative estimate of drug-likeness (QED) is 0.881. The van der Waals surface area contributed by atoms with E-state index >= 15 is 0 Å². The maximum atomic E-state index is 3.44. The Bertz CT molecular complexity index is 311. The van der Waals surface area contributed by atoms with Crippen LogP contribution in [0.15, 0.2) is 17.5 Å². The summed E-state index contributed by atoms with van der Waals surface area (Å²) in [5.74, 6) is 0.806. The molecule has 1 aliphatic rings. The van der Waals surface area contributed by atoms with E-state index in [1.54, 1.807) is 4.88 Å². The van der Waals surface area contributed by atoms with E-state index in [0.717, 1.165) is 19.0 Å². The summed E-state index contributed by atoms with van der Waals surface area (Å²) in [6.45, 7) is 9.32. The second kappa shape index (κ2) is 10.0. The highest BCUT2D eigenvalue weighted by molar-refractivity contribution is 7.10. The third kappa shape index (κ3) is 6.01. The molecule has 1 aliphatic heterocycles. The molecule has 112 valence electrons. The van der Waals surface area contributed by atoms with Crippen molar-refractivity contribution in [2.75, 3.05) is 26.2 Å². The fourth-order valence-electron chi connectivity index (χ4n) is 2.47. The second-order valence-electron chi connectivity index (χ2n) is 5.29. The van der Waals surface area contributed by atoms with Gasteiger partial charge in [0.05, 0.1) is 0 Å². The Hall–Kier alpha value is 0.200. The number of halogens is 2. The highest BCUT2D eigenvalue weighted by Gasteiger charge is 2.22. The summed E-state index contributed by atoms with van der Waals surface area (Å²) in [6.07, 6.45) is 2.63. The molecular formula is C14H26Cl2N2S. The lowest BCUT2D eigenvalue weighted by Crippen LogP contribution is -2.45. The van der Waals surface area contributed by atoms with Crippen molar-refractivity contribution in [1.82, 2.24) is 10.2 Å². The van der Waals surface area contributed by atoms with E-state index in [4.69, 9.17) is 0 Å². The molecule has 5 heteroatoms. The molecule has 0 spiro atoms. The zero-order valence-electron chi connectivity index (χ0n) is 11.8. The van der Waals surface area contributed by atoms with Crippen molar-refractivity contribution in [3.8, 4) is 0 Å². The van der Waals surface area contributed by atoms with Gasteiger partial charge in [-0.2, -0.15) is 0 Å². The molecule has 1 saturated heterocycles. The first-order valence-electron chi connectivity index (χ1n) is 6.75. The van der Waals surface area contributed by atoms with Crippen LogP contribution in [0.4, 0.5) is 0 Å². The third-order valence-electron chi connectivity index (χ3n) is 3.48. The fourth-order valence-corrected chi connectivity index (χ4v) is 3.37. The Labute approximate surface area is 133 Å². The van der Waals surface area contributed by atoms with Gasteiger partial charge in [0, 0.05) is 37.1 Å². The smallest absolute Gasteiger partial charge is 0.0442 e. The van der Waals surface area contributed by atoms with Crippen LogP contribution >= 0.6 is 36.2 Å². The Kier molecular flexibility index (Phi) is 10.1. The minimum absolute atomic E-state index is 0. The molecule has 0 aliphatic carbocycles. The average molecular weight is 325 g/mol. The van der Waals surface area contributed by atoms with Gasteiger partial charge < -0.3 is 5.32 Å². The van der Waals surface area contributed by atoms with Crippen molar-refractivity contribution < 1.29 is 0 Å². The van der Waals surface area contributed by atoms with E-state index in [2.05, 4.69) is 41.6 Å². The number of rotatable bonds is 5. The van der Waals surface area contributed by atoms with Gasteiger partial charge >= 0.3 is 0 Å². The number of nitrogens with zero attached hydrogens (tertiary/aromatic N) is 1. The first kappa shape index (κ1) is 19.2. The van der Waals surface area contributed by atoms with Gasteiger partial charge in [0.15, 0.2) is 0 Å². The van der Waals surface area contributed by atoms with Crippen molar-refractivity contribution in [3.63, 3.8) is 0 Å². The predicted molar refractivity (Wildman–Crippen MR) is 90.1 cm³/mol. The van der Waals surface area contributed by atoms with Crippen molar-refractivity contribution in [2.24, 2.45) is 5.92 Å². The van der Waals surface area contributed by atoms with Crippen molar-refractivity contribution in [1.29, 1.82) is 0 Å². The number of thiophene rings is 1. The van der Waals surface area contributed by atoms with Gasteiger partial charge in [-0.05, 0) is 30.2 Å². The van der Waals surface area contributed by atoms with E-state index in [0.29, 0.717) is 6.04 Å². The maximum absolute atomic E-state index is 3.44. The summed E-state index contributed by atoms with van der Waals surface area (Å²) in [5, 5.41) is 5.65. The summed E-state index contributed by atoms with van der Waals surface area (Å²) < 4.78 is 0. The van der Waals surface area contributed by atoms with Crippen molar-refractivity contribution in [2.45, 2.75) is 32.7 Å². The van der Waals surface area contributed by atoms with Gasteiger partial charge in [0.2, 0.25) is 0 Å². The minimum Gasteiger partial charge on any atom is -0.314 e. The van der Waals surface area contributed by atoms with Crippen LogP contribution in [0.1, 0.15) is 37.6 Å². The van der Waals surface area contributed by atoms with Crippen LogP contribution in [-0.2, 0) is 0 Å². The molecule has 0 aromatic carbocycles. The molecule has 1 atom stereocenters. The van der Waals surface area contributed by atoms with E-state index in [1.165, 1.54) is 25.9 Å². The van der Waals surface area contributed by atoms with E-state index in [1.807, 2.05) is 11.3 Å². The first-order chi connectivity index (χ1) is 8.27. The largest absolute Gasteiger partial charge is 0.314 e. The van der Waals surface area contributed by atoms with Gasteiger partial charge in [-0.1, -0.05) is 19.9 Å². The summed E-state index contributed by atoms with van der Waals surface area (Å²) >= 11 is 1.91. The zero-order valence-corrected chi connectivity index (χ0v) is 14.3. The molecule has 0 radical (unpaired) electrons. The number of nitrogens with one attached hydrogen (secondary N) is 1. The summed E-state index contributed by atoms with van der Waals surface area (Å²) in [4.78, 5) is 4.21. The molecule has 0 bridgehead atoms. The van der Waals surface area contributed by atoms with Crippen molar-refractivity contribution in [3.05, 3.63) is 22.4 Å². The minimum atomic E-state index is 0. The molecule has 2 nitrogen and oxygen atoms in total. The van der Waals surface area contributed by atoms with Gasteiger partial charge in [-0.3, -0.25) is 4.90 Å². The highest BCUT2D eigenvalue weighted by atomic mass is 35.5. The second-order valence-corrected chi connectivity index (χ2v) is 6.27. The number of piperazine rings is 1. The topological polar surface area (TPSA) is 15.3 Å². The first-order valence-corrected chi connectivity index (χ1v) is 7.63. The van der Waals surface area contributed by atoms with Gasteiger partial charge in [-0.25, -0.2) is 0 Å². The van der Waals surface area contributed by atoms with Crippen LogP contribution < -0.4 is 5.32 Å². The van der Waals surface area contributed by atoms with Crippen LogP contribution in [0.25, 0.3) is 0 Å². The highest BCUT2D eigenvalue weighted by Crippen LogP contribution is 2.30. The Morgan fingerprint density at radius 1 is 1.21 bits per heavy atom. The lowest BCUT2D eigenvalue weighted by Gasteiger charge is -2.34. The van der Waals surface area contributed by atoms with Crippen LogP contribution in [0.3, 0.4) is 0 Å². The summed E-state index contributed by atoms with van der Waals surface area (Å²) in [7, 11) is 0. The maximum Gasteiger partial charge on any atom is 0.0442 e. The molecule has 0 saturated carbocycles. The molecule has 1 aromatic heterocycles. The number of hydrogen-bond donors (Lipinski definition) is 1.